The molecule has 0 radical (unpaired) electrons. The van der Waals surface area contributed by atoms with Crippen LogP contribution in [0, 0.1) is 0 Å². The number of carbonyl (C=O) groups is 2. The predicted octanol–water partition coefficient (Wildman–Crippen LogP) is 2.95. The first kappa shape index (κ1) is 22.7. The van der Waals surface area contributed by atoms with Gasteiger partial charge in [-0.25, -0.2) is 9.97 Å². The minimum atomic E-state index is -0.456. The van der Waals surface area contributed by atoms with E-state index in [0.717, 1.165) is 22.5 Å². The zero-order valence-electron chi connectivity index (χ0n) is 19.1. The molecule has 1 aliphatic rings. The minimum absolute atomic E-state index is 0.0570. The van der Waals surface area contributed by atoms with E-state index in [-0.39, 0.29) is 24.6 Å². The molecule has 9 heteroatoms. The fourth-order valence-corrected chi connectivity index (χ4v) is 3.91. The molecule has 5 rings (SSSR count). The first-order valence-corrected chi connectivity index (χ1v) is 11.3. The van der Waals surface area contributed by atoms with Crippen molar-refractivity contribution in [2.75, 3.05) is 11.9 Å². The standard InChI is InChI=1S/C27H22N6O3/c34-25(22-6-3-13-33(27(22)36)16-20-9-12-28-17-31-20)30-11-1-4-18-7-8-21-23(15-19-5-2-10-29-19)26(35)32-24(21)14-18/h1-10,12-15,17,29H,11,16H2,(H,30,34)(H,32,35)/b4-1+,23-15-. The number of aromatic amines is 1. The molecule has 0 saturated heterocycles. The van der Waals surface area contributed by atoms with E-state index in [9.17, 15) is 14.4 Å². The van der Waals surface area contributed by atoms with Gasteiger partial charge in [-0.15, -0.1) is 0 Å². The second kappa shape index (κ2) is 10.1. The van der Waals surface area contributed by atoms with E-state index in [1.807, 2.05) is 42.5 Å². The number of aromatic nitrogens is 4. The van der Waals surface area contributed by atoms with Gasteiger partial charge in [-0.1, -0.05) is 24.3 Å². The average molecular weight is 479 g/mol. The summed E-state index contributed by atoms with van der Waals surface area (Å²) >= 11 is 0. The fourth-order valence-electron chi connectivity index (χ4n) is 3.91. The molecular weight excluding hydrogens is 456 g/mol. The van der Waals surface area contributed by atoms with Crippen molar-refractivity contribution in [1.82, 2.24) is 24.8 Å². The van der Waals surface area contributed by atoms with Crippen LogP contribution in [0.1, 0.15) is 32.9 Å². The molecule has 1 aromatic carbocycles. The van der Waals surface area contributed by atoms with E-state index < -0.39 is 11.5 Å². The number of hydrogen-bond acceptors (Lipinski definition) is 5. The summed E-state index contributed by atoms with van der Waals surface area (Å²) in [7, 11) is 0. The van der Waals surface area contributed by atoms with Crippen LogP contribution < -0.4 is 16.2 Å². The largest absolute Gasteiger partial charge is 0.362 e. The van der Waals surface area contributed by atoms with Gasteiger partial charge in [-0.05, 0) is 48.0 Å². The highest BCUT2D eigenvalue weighted by Gasteiger charge is 2.24. The van der Waals surface area contributed by atoms with E-state index in [4.69, 9.17) is 0 Å². The number of benzene rings is 1. The van der Waals surface area contributed by atoms with Gasteiger partial charge < -0.3 is 20.2 Å². The van der Waals surface area contributed by atoms with Crippen LogP contribution in [0.3, 0.4) is 0 Å². The maximum atomic E-state index is 12.7. The molecule has 2 amide bonds. The quantitative estimate of drug-likeness (QED) is 0.353. The zero-order chi connectivity index (χ0) is 24.9. The molecular formula is C27H22N6O3. The molecule has 3 aromatic heterocycles. The lowest BCUT2D eigenvalue weighted by molar-refractivity contribution is -0.110. The zero-order valence-corrected chi connectivity index (χ0v) is 19.1. The lowest BCUT2D eigenvalue weighted by atomic mass is 10.0. The van der Waals surface area contributed by atoms with Gasteiger partial charge in [0.05, 0.1) is 17.8 Å². The van der Waals surface area contributed by atoms with E-state index >= 15 is 0 Å². The molecule has 4 aromatic rings. The number of pyridine rings is 1. The minimum Gasteiger partial charge on any atom is -0.362 e. The van der Waals surface area contributed by atoms with E-state index in [1.165, 1.54) is 17.0 Å². The molecule has 0 atom stereocenters. The number of amides is 2. The third-order valence-corrected chi connectivity index (χ3v) is 5.68. The summed E-state index contributed by atoms with van der Waals surface area (Å²) < 4.78 is 1.43. The molecule has 0 unspecified atom stereocenters. The predicted molar refractivity (Wildman–Crippen MR) is 137 cm³/mol. The number of H-pyrrole nitrogens is 1. The molecule has 3 N–H and O–H groups in total. The van der Waals surface area contributed by atoms with Crippen LogP contribution in [0.25, 0.3) is 17.7 Å². The molecule has 178 valence electrons. The topological polar surface area (TPSA) is 122 Å². The Bertz CT molecular complexity index is 1540. The second-order valence-electron chi connectivity index (χ2n) is 8.11. The number of hydrogen-bond donors (Lipinski definition) is 3. The maximum absolute atomic E-state index is 12.7. The van der Waals surface area contributed by atoms with E-state index in [2.05, 4.69) is 25.6 Å². The number of nitrogens with one attached hydrogen (secondary N) is 3. The summed E-state index contributed by atoms with van der Waals surface area (Å²) in [4.78, 5) is 48.8. The van der Waals surface area contributed by atoms with Gasteiger partial charge in [0.2, 0.25) is 0 Å². The average Bonchev–Trinajstić information content (AvgIpc) is 3.51. The monoisotopic (exact) mass is 478 g/mol. The van der Waals surface area contributed by atoms with Gasteiger partial charge in [0.1, 0.15) is 11.9 Å². The number of nitrogens with zero attached hydrogens (tertiary/aromatic N) is 3. The van der Waals surface area contributed by atoms with E-state index in [1.54, 1.807) is 36.8 Å². The van der Waals surface area contributed by atoms with Crippen LogP contribution in [0.5, 0.6) is 0 Å². The molecule has 0 bridgehead atoms. The lowest BCUT2D eigenvalue weighted by Gasteiger charge is -2.07. The normalized spacial score (nSPS) is 13.7. The SMILES string of the molecule is O=C1Nc2cc(/C=C/CNC(=O)c3cccn(Cc4ccncn4)c3=O)ccc2/C1=C/c1ccc[nH]1. The Morgan fingerprint density at radius 3 is 2.83 bits per heavy atom. The van der Waals surface area contributed by atoms with Crippen LogP contribution >= 0.6 is 0 Å². The van der Waals surface area contributed by atoms with Crippen molar-refractivity contribution in [3.63, 3.8) is 0 Å². The van der Waals surface area contributed by atoms with Crippen molar-refractivity contribution in [3.8, 4) is 0 Å². The molecule has 0 fully saturated rings. The first-order chi connectivity index (χ1) is 17.6. The summed E-state index contributed by atoms with van der Waals surface area (Å²) in [6.45, 7) is 0.486. The van der Waals surface area contributed by atoms with Crippen molar-refractivity contribution in [2.45, 2.75) is 6.54 Å². The Hall–Kier alpha value is -5.05. The van der Waals surface area contributed by atoms with Crippen LogP contribution in [-0.2, 0) is 11.3 Å². The Morgan fingerprint density at radius 2 is 2.03 bits per heavy atom. The number of rotatable bonds is 7. The number of anilines is 1. The van der Waals surface area contributed by atoms with Crippen molar-refractivity contribution < 1.29 is 9.59 Å². The lowest BCUT2D eigenvalue weighted by Crippen LogP contribution is -2.33. The van der Waals surface area contributed by atoms with Gasteiger partial charge in [0.25, 0.3) is 17.4 Å². The molecule has 9 nitrogen and oxygen atoms in total. The highest BCUT2D eigenvalue weighted by atomic mass is 16.2. The van der Waals surface area contributed by atoms with Crippen LogP contribution in [0.4, 0.5) is 5.69 Å². The summed E-state index contributed by atoms with van der Waals surface area (Å²) in [6, 6.07) is 14.3. The summed E-state index contributed by atoms with van der Waals surface area (Å²) in [5.41, 5.74) is 4.23. The molecule has 36 heavy (non-hydrogen) atoms. The van der Waals surface area contributed by atoms with Crippen molar-refractivity contribution in [3.05, 3.63) is 118 Å². The Morgan fingerprint density at radius 1 is 1.11 bits per heavy atom. The van der Waals surface area contributed by atoms with Crippen LogP contribution in [0.2, 0.25) is 0 Å². The second-order valence-corrected chi connectivity index (χ2v) is 8.11. The summed E-state index contributed by atoms with van der Waals surface area (Å²) in [6.07, 6.45) is 11.9. The first-order valence-electron chi connectivity index (χ1n) is 11.3. The van der Waals surface area contributed by atoms with Gasteiger partial charge >= 0.3 is 0 Å². The summed E-state index contributed by atoms with van der Waals surface area (Å²) in [5.74, 6) is -0.608. The Balaban J connectivity index is 1.22. The highest BCUT2D eigenvalue weighted by molar-refractivity contribution is 6.34. The van der Waals surface area contributed by atoms with Crippen LogP contribution in [0.15, 0.2) is 84.3 Å². The van der Waals surface area contributed by atoms with Gasteiger partial charge in [0.15, 0.2) is 0 Å². The van der Waals surface area contributed by atoms with Crippen LogP contribution in [-0.4, -0.2) is 37.9 Å². The number of carbonyl (C=O) groups excluding carboxylic acids is 2. The smallest absolute Gasteiger partial charge is 0.263 e. The molecule has 0 saturated carbocycles. The van der Waals surface area contributed by atoms with Crippen molar-refractivity contribution in [1.29, 1.82) is 0 Å². The van der Waals surface area contributed by atoms with Crippen molar-refractivity contribution >= 4 is 35.2 Å². The van der Waals surface area contributed by atoms with Gasteiger partial charge in [-0.3, -0.25) is 14.4 Å². The third kappa shape index (κ3) is 4.90. The molecule has 0 spiro atoms. The molecule has 0 aliphatic carbocycles. The highest BCUT2D eigenvalue weighted by Crippen LogP contribution is 2.33. The van der Waals surface area contributed by atoms with E-state index in [0.29, 0.717) is 11.3 Å². The molecule has 4 heterocycles. The summed E-state index contributed by atoms with van der Waals surface area (Å²) in [5, 5.41) is 5.63. The third-order valence-electron chi connectivity index (χ3n) is 5.68. The number of fused-ring (bicyclic) bond motifs is 1. The fraction of sp³-hybridized carbons (Fsp3) is 0.0741. The Labute approximate surface area is 206 Å². The van der Waals surface area contributed by atoms with Crippen molar-refractivity contribution in [2.24, 2.45) is 0 Å². The Kier molecular flexibility index (Phi) is 6.35. The maximum Gasteiger partial charge on any atom is 0.263 e. The van der Waals surface area contributed by atoms with Gasteiger partial charge in [0, 0.05) is 42.1 Å². The van der Waals surface area contributed by atoms with Gasteiger partial charge in [-0.2, -0.15) is 0 Å². The molecule has 1 aliphatic heterocycles.